The SMILES string of the molecule is CNC(=O)CON=C1C[C@@H](C(N)=O)N2C[C@@H]1N(OS(=O)(=O)O)C2=O. The summed E-state index contributed by atoms with van der Waals surface area (Å²) in [5.74, 6) is -1.31. The van der Waals surface area contributed by atoms with Gasteiger partial charge in [0.1, 0.15) is 12.1 Å². The Bertz CT molecular complexity index is 691. The van der Waals surface area contributed by atoms with Gasteiger partial charge in [-0.25, -0.2) is 4.79 Å². The third-order valence-electron chi connectivity index (χ3n) is 3.41. The molecular formula is C10H15N5O8S. The largest absolute Gasteiger partial charge is 0.418 e. The Morgan fingerprint density at radius 1 is 1.50 bits per heavy atom. The van der Waals surface area contributed by atoms with Gasteiger partial charge in [-0.15, -0.1) is 4.28 Å². The van der Waals surface area contributed by atoms with E-state index in [1.807, 2.05) is 0 Å². The van der Waals surface area contributed by atoms with Crippen LogP contribution < -0.4 is 11.1 Å². The zero-order valence-corrected chi connectivity index (χ0v) is 13.2. The van der Waals surface area contributed by atoms with Crippen LogP contribution >= 0.6 is 0 Å². The van der Waals surface area contributed by atoms with Crippen LogP contribution in [-0.4, -0.2) is 78.8 Å². The summed E-state index contributed by atoms with van der Waals surface area (Å²) < 4.78 is 34.8. The van der Waals surface area contributed by atoms with Gasteiger partial charge in [0.05, 0.1) is 12.3 Å². The molecule has 134 valence electrons. The normalized spacial score (nSPS) is 25.1. The van der Waals surface area contributed by atoms with E-state index in [1.54, 1.807) is 0 Å². The highest BCUT2D eigenvalue weighted by atomic mass is 32.3. The molecule has 2 bridgehead atoms. The van der Waals surface area contributed by atoms with E-state index in [-0.39, 0.29) is 18.7 Å². The van der Waals surface area contributed by atoms with Gasteiger partial charge < -0.3 is 20.8 Å². The van der Waals surface area contributed by atoms with Crippen molar-refractivity contribution in [3.8, 4) is 0 Å². The molecule has 24 heavy (non-hydrogen) atoms. The summed E-state index contributed by atoms with van der Waals surface area (Å²) >= 11 is 0. The molecule has 2 saturated heterocycles. The molecule has 2 heterocycles. The predicted molar refractivity (Wildman–Crippen MR) is 75.4 cm³/mol. The Kier molecular flexibility index (Phi) is 4.91. The maximum atomic E-state index is 12.1. The lowest BCUT2D eigenvalue weighted by Crippen LogP contribution is -2.51. The summed E-state index contributed by atoms with van der Waals surface area (Å²) in [4.78, 5) is 40.5. The van der Waals surface area contributed by atoms with E-state index in [2.05, 4.69) is 14.8 Å². The van der Waals surface area contributed by atoms with Gasteiger partial charge in [-0.3, -0.25) is 14.1 Å². The molecule has 2 rings (SSSR count). The smallest absolute Gasteiger partial charge is 0.386 e. The Morgan fingerprint density at radius 3 is 2.71 bits per heavy atom. The first-order valence-corrected chi connectivity index (χ1v) is 7.96. The van der Waals surface area contributed by atoms with Gasteiger partial charge in [-0.1, -0.05) is 5.16 Å². The second-order valence-corrected chi connectivity index (χ2v) is 5.93. The van der Waals surface area contributed by atoms with Crippen LogP contribution in [0.25, 0.3) is 0 Å². The summed E-state index contributed by atoms with van der Waals surface area (Å²) in [6, 6.07) is -3.09. The number of primary amides is 1. The number of urea groups is 1. The second-order valence-electron chi connectivity index (χ2n) is 4.93. The van der Waals surface area contributed by atoms with Crippen LogP contribution in [0.5, 0.6) is 0 Å². The minimum absolute atomic E-state index is 0.0634. The van der Waals surface area contributed by atoms with Crippen molar-refractivity contribution in [2.45, 2.75) is 18.5 Å². The third kappa shape index (κ3) is 3.72. The van der Waals surface area contributed by atoms with Crippen LogP contribution in [0.3, 0.4) is 0 Å². The number of nitrogens with zero attached hydrogens (tertiary/aromatic N) is 3. The van der Waals surface area contributed by atoms with Crippen LogP contribution in [0.1, 0.15) is 6.42 Å². The highest BCUT2D eigenvalue weighted by Gasteiger charge is 2.52. The molecule has 0 aromatic heterocycles. The number of carbonyl (C=O) groups is 3. The number of nitrogens with two attached hydrogens (primary N) is 1. The van der Waals surface area contributed by atoms with E-state index in [9.17, 15) is 22.8 Å². The molecule has 2 aliphatic rings. The molecule has 2 fully saturated rings. The summed E-state index contributed by atoms with van der Waals surface area (Å²) in [5, 5.41) is 6.32. The molecule has 0 aromatic carbocycles. The number of nitrogens with one attached hydrogen (secondary N) is 1. The number of hydroxylamine groups is 2. The molecule has 0 spiro atoms. The topological polar surface area (TPSA) is 181 Å². The summed E-state index contributed by atoms with van der Waals surface area (Å²) in [5.41, 5.74) is 5.29. The fraction of sp³-hybridized carbons (Fsp3) is 0.600. The minimum Gasteiger partial charge on any atom is -0.386 e. The molecule has 4 amide bonds. The monoisotopic (exact) mass is 365 g/mol. The first kappa shape index (κ1) is 17.9. The van der Waals surface area contributed by atoms with Crippen LogP contribution in [0.15, 0.2) is 5.16 Å². The van der Waals surface area contributed by atoms with Crippen LogP contribution in [0, 0.1) is 0 Å². The van der Waals surface area contributed by atoms with Gasteiger partial charge in [-0.2, -0.15) is 13.5 Å². The maximum Gasteiger partial charge on any atom is 0.418 e. The predicted octanol–water partition coefficient (Wildman–Crippen LogP) is -2.80. The van der Waals surface area contributed by atoms with E-state index >= 15 is 0 Å². The molecule has 13 nitrogen and oxygen atoms in total. The fourth-order valence-electron chi connectivity index (χ4n) is 2.33. The van der Waals surface area contributed by atoms with Gasteiger partial charge >= 0.3 is 16.4 Å². The highest BCUT2D eigenvalue weighted by molar-refractivity contribution is 7.80. The van der Waals surface area contributed by atoms with Crippen molar-refractivity contribution in [2.24, 2.45) is 10.9 Å². The summed E-state index contributed by atoms with van der Waals surface area (Å²) in [6.45, 7) is -0.575. The summed E-state index contributed by atoms with van der Waals surface area (Å²) in [6.07, 6.45) is -0.134. The lowest BCUT2D eigenvalue weighted by atomic mass is 9.98. The zero-order chi connectivity index (χ0) is 18.1. The standard InChI is InChI=1S/C10H15N5O8S/c1-12-8(16)4-22-13-5-2-6(9(11)17)14-3-7(5)15(10(14)18)23-24(19,20)21/h6-7H,2-4H2,1H3,(H2,11,17)(H,12,16)(H,19,20,21)/t6-,7-/m0/s1. The molecule has 0 saturated carbocycles. The number of rotatable bonds is 6. The van der Waals surface area contributed by atoms with Crippen LogP contribution in [-0.2, 0) is 29.1 Å². The molecule has 4 N–H and O–H groups in total. The second kappa shape index (κ2) is 6.58. The van der Waals surface area contributed by atoms with Crippen molar-refractivity contribution in [1.29, 1.82) is 0 Å². The Labute approximate surface area is 136 Å². The Morgan fingerprint density at radius 2 is 2.17 bits per heavy atom. The van der Waals surface area contributed by atoms with Gasteiger partial charge in [0.15, 0.2) is 6.61 Å². The number of hydrogen-bond acceptors (Lipinski definition) is 8. The van der Waals surface area contributed by atoms with Gasteiger partial charge in [0, 0.05) is 13.5 Å². The van der Waals surface area contributed by atoms with E-state index in [1.165, 1.54) is 7.05 Å². The molecule has 0 aromatic rings. The molecule has 0 radical (unpaired) electrons. The fourth-order valence-corrected chi connectivity index (χ4v) is 2.70. The zero-order valence-electron chi connectivity index (χ0n) is 12.4. The van der Waals surface area contributed by atoms with Crippen molar-refractivity contribution in [3.63, 3.8) is 0 Å². The Balaban J connectivity index is 2.26. The number of piperidine rings is 1. The van der Waals surface area contributed by atoms with Crippen LogP contribution in [0.2, 0.25) is 0 Å². The number of likely N-dealkylation sites (N-methyl/N-ethyl adjacent to an activating group) is 1. The van der Waals surface area contributed by atoms with E-state index < -0.39 is 46.9 Å². The molecule has 2 atom stereocenters. The molecule has 2 aliphatic heterocycles. The number of carbonyl (C=O) groups excluding carboxylic acids is 3. The van der Waals surface area contributed by atoms with Crippen molar-refractivity contribution in [3.05, 3.63) is 0 Å². The quantitative estimate of drug-likeness (QED) is 0.333. The number of amides is 4. The van der Waals surface area contributed by atoms with Crippen LogP contribution in [0.4, 0.5) is 4.79 Å². The number of hydrogen-bond donors (Lipinski definition) is 3. The minimum atomic E-state index is -4.98. The third-order valence-corrected chi connectivity index (χ3v) is 3.76. The molecule has 14 heteroatoms. The van der Waals surface area contributed by atoms with Gasteiger partial charge in [0.2, 0.25) is 5.91 Å². The van der Waals surface area contributed by atoms with E-state index in [0.717, 1.165) is 4.90 Å². The lowest BCUT2D eigenvalue weighted by molar-refractivity contribution is -0.125. The number of fused-ring (bicyclic) bond motifs is 2. The molecule has 0 aliphatic carbocycles. The average Bonchev–Trinajstić information content (AvgIpc) is 2.74. The van der Waals surface area contributed by atoms with Gasteiger partial charge in [0.25, 0.3) is 5.91 Å². The van der Waals surface area contributed by atoms with Crippen molar-refractivity contribution >= 4 is 34.0 Å². The molecular weight excluding hydrogens is 350 g/mol. The lowest BCUT2D eigenvalue weighted by Gasteiger charge is -2.28. The number of oxime groups is 1. The first-order chi connectivity index (χ1) is 11.1. The molecule has 0 unspecified atom stereocenters. The van der Waals surface area contributed by atoms with Crippen molar-refractivity contribution in [2.75, 3.05) is 20.2 Å². The highest BCUT2D eigenvalue weighted by Crippen LogP contribution is 2.29. The first-order valence-electron chi connectivity index (χ1n) is 6.59. The van der Waals surface area contributed by atoms with Crippen molar-refractivity contribution in [1.82, 2.24) is 15.3 Å². The summed E-state index contributed by atoms with van der Waals surface area (Å²) in [7, 11) is -3.59. The van der Waals surface area contributed by atoms with E-state index in [0.29, 0.717) is 5.06 Å². The Hall–Kier alpha value is -2.45. The average molecular weight is 365 g/mol. The maximum absolute atomic E-state index is 12.1. The van der Waals surface area contributed by atoms with E-state index in [4.69, 9.17) is 15.1 Å². The van der Waals surface area contributed by atoms with Gasteiger partial charge in [-0.05, 0) is 0 Å². The van der Waals surface area contributed by atoms with Crippen molar-refractivity contribution < 1.29 is 36.5 Å².